The number of likely N-dealkylation sites (tertiary alicyclic amines) is 1. The number of piperidine rings is 1. The van der Waals surface area contributed by atoms with Crippen LogP contribution in [0.5, 0.6) is 0 Å². The zero-order chi connectivity index (χ0) is 15.2. The van der Waals surface area contributed by atoms with E-state index in [0.717, 1.165) is 38.9 Å². The van der Waals surface area contributed by atoms with Crippen LogP contribution in [0.4, 0.5) is 0 Å². The van der Waals surface area contributed by atoms with Crippen molar-refractivity contribution in [2.75, 3.05) is 26.2 Å². The van der Waals surface area contributed by atoms with Crippen LogP contribution in [0.1, 0.15) is 46.0 Å². The minimum absolute atomic E-state index is 0.00154. The summed E-state index contributed by atoms with van der Waals surface area (Å²) in [5.41, 5.74) is 2.89. The fraction of sp³-hybridized carbons (Fsp3) is 0.722. The van der Waals surface area contributed by atoms with Gasteiger partial charge in [0.25, 0.3) is 0 Å². The summed E-state index contributed by atoms with van der Waals surface area (Å²) in [5, 5.41) is 0. The van der Waals surface area contributed by atoms with E-state index in [0.29, 0.717) is 12.5 Å². The fourth-order valence-electron chi connectivity index (χ4n) is 3.35. The first-order chi connectivity index (χ1) is 10.1. The van der Waals surface area contributed by atoms with Crippen LogP contribution in [0, 0.1) is 11.8 Å². The molecule has 0 N–H and O–H groups in total. The summed E-state index contributed by atoms with van der Waals surface area (Å²) in [4.78, 5) is 14.2. The van der Waals surface area contributed by atoms with Gasteiger partial charge in [0.1, 0.15) is 0 Å². The van der Waals surface area contributed by atoms with Crippen molar-refractivity contribution >= 4 is 5.97 Å². The molecule has 1 aliphatic carbocycles. The van der Waals surface area contributed by atoms with E-state index in [1.54, 1.807) is 5.57 Å². The molecule has 0 radical (unpaired) electrons. The number of carbonyl (C=O) groups excluding carboxylic acids is 1. The minimum atomic E-state index is -0.00154. The highest BCUT2D eigenvalue weighted by molar-refractivity contribution is 5.72. The summed E-state index contributed by atoms with van der Waals surface area (Å²) < 4.78 is 5.12. The lowest BCUT2D eigenvalue weighted by Crippen LogP contribution is -2.38. The average Bonchev–Trinajstić information content (AvgIpc) is 2.49. The van der Waals surface area contributed by atoms with E-state index in [1.165, 1.54) is 18.4 Å². The first-order valence-electron chi connectivity index (χ1n) is 8.32. The topological polar surface area (TPSA) is 29.5 Å². The first kappa shape index (κ1) is 16.3. The van der Waals surface area contributed by atoms with Crippen LogP contribution in [0.2, 0.25) is 0 Å². The Morgan fingerprint density at radius 2 is 2.05 bits per heavy atom. The van der Waals surface area contributed by atoms with Crippen molar-refractivity contribution in [2.24, 2.45) is 11.8 Å². The van der Waals surface area contributed by atoms with Gasteiger partial charge in [0.05, 0.1) is 12.5 Å². The highest BCUT2D eigenvalue weighted by Crippen LogP contribution is 2.29. The maximum Gasteiger partial charge on any atom is 0.309 e. The molecule has 2 aliphatic rings. The van der Waals surface area contributed by atoms with Gasteiger partial charge < -0.3 is 4.74 Å². The molecule has 0 aromatic rings. The minimum Gasteiger partial charge on any atom is -0.466 e. The number of nitrogens with zero attached hydrogens (tertiary/aromatic N) is 1. The van der Waals surface area contributed by atoms with E-state index in [-0.39, 0.29) is 11.9 Å². The fourth-order valence-corrected chi connectivity index (χ4v) is 3.35. The Bertz CT molecular complexity index is 405. The SMILES string of the molecule is C=C(C)[C@@H]1CC=C(CN2CCC(C(=O)OCC)CC2)CC1. The van der Waals surface area contributed by atoms with Crippen LogP contribution in [0.25, 0.3) is 0 Å². The van der Waals surface area contributed by atoms with Gasteiger partial charge >= 0.3 is 5.97 Å². The molecular formula is C18H29NO2. The Hall–Kier alpha value is -1.09. The van der Waals surface area contributed by atoms with Gasteiger partial charge in [0.2, 0.25) is 0 Å². The molecule has 0 spiro atoms. The van der Waals surface area contributed by atoms with Gasteiger partial charge in [-0.25, -0.2) is 0 Å². The molecule has 118 valence electrons. The summed E-state index contributed by atoms with van der Waals surface area (Å²) >= 11 is 0. The van der Waals surface area contributed by atoms with Gasteiger partial charge in [-0.2, -0.15) is 0 Å². The molecule has 2 rings (SSSR count). The van der Waals surface area contributed by atoms with E-state index < -0.39 is 0 Å². The summed E-state index contributed by atoms with van der Waals surface area (Å²) in [7, 11) is 0. The van der Waals surface area contributed by atoms with Crippen molar-refractivity contribution in [1.82, 2.24) is 4.90 Å². The molecule has 0 bridgehead atoms. The van der Waals surface area contributed by atoms with E-state index in [1.807, 2.05) is 6.92 Å². The Morgan fingerprint density at radius 3 is 2.57 bits per heavy atom. The smallest absolute Gasteiger partial charge is 0.309 e. The Labute approximate surface area is 129 Å². The zero-order valence-corrected chi connectivity index (χ0v) is 13.6. The van der Waals surface area contributed by atoms with E-state index in [9.17, 15) is 4.79 Å². The molecule has 1 saturated heterocycles. The summed E-state index contributed by atoms with van der Waals surface area (Å²) in [6.45, 7) is 11.7. The number of carbonyl (C=O) groups is 1. The molecule has 1 atom stereocenters. The van der Waals surface area contributed by atoms with Crippen molar-refractivity contribution in [3.05, 3.63) is 23.8 Å². The summed E-state index contributed by atoms with van der Waals surface area (Å²) in [5.74, 6) is 0.802. The molecule has 0 amide bonds. The van der Waals surface area contributed by atoms with Gasteiger partial charge in [-0.15, -0.1) is 0 Å². The Morgan fingerprint density at radius 1 is 1.33 bits per heavy atom. The van der Waals surface area contributed by atoms with Gasteiger partial charge in [0.15, 0.2) is 0 Å². The summed E-state index contributed by atoms with van der Waals surface area (Å²) in [6.07, 6.45) is 7.92. The third kappa shape index (κ3) is 4.70. The lowest BCUT2D eigenvalue weighted by molar-refractivity contribution is -0.149. The molecular weight excluding hydrogens is 262 g/mol. The molecule has 0 aromatic heterocycles. The normalized spacial score (nSPS) is 24.5. The van der Waals surface area contributed by atoms with E-state index >= 15 is 0 Å². The maximum atomic E-state index is 11.7. The van der Waals surface area contributed by atoms with Gasteiger partial charge in [-0.1, -0.05) is 23.8 Å². The summed E-state index contributed by atoms with van der Waals surface area (Å²) in [6, 6.07) is 0. The molecule has 1 aliphatic heterocycles. The number of hydrogen-bond donors (Lipinski definition) is 0. The van der Waals surface area contributed by atoms with Crippen molar-refractivity contribution in [2.45, 2.75) is 46.0 Å². The largest absolute Gasteiger partial charge is 0.466 e. The maximum absolute atomic E-state index is 11.7. The van der Waals surface area contributed by atoms with Crippen molar-refractivity contribution < 1.29 is 9.53 Å². The molecule has 3 heteroatoms. The predicted octanol–water partition coefficient (Wildman–Crippen LogP) is 3.56. The van der Waals surface area contributed by atoms with Crippen LogP contribution < -0.4 is 0 Å². The van der Waals surface area contributed by atoms with Crippen molar-refractivity contribution in [1.29, 1.82) is 0 Å². The molecule has 0 unspecified atom stereocenters. The monoisotopic (exact) mass is 291 g/mol. The number of ether oxygens (including phenoxy) is 1. The van der Waals surface area contributed by atoms with Gasteiger partial charge in [-0.05, 0) is 65.0 Å². The number of rotatable bonds is 5. The highest BCUT2D eigenvalue weighted by atomic mass is 16.5. The molecule has 0 saturated carbocycles. The third-order valence-electron chi connectivity index (χ3n) is 4.84. The van der Waals surface area contributed by atoms with Crippen molar-refractivity contribution in [3.8, 4) is 0 Å². The highest BCUT2D eigenvalue weighted by Gasteiger charge is 2.26. The second-order valence-corrected chi connectivity index (χ2v) is 6.48. The van der Waals surface area contributed by atoms with E-state index in [2.05, 4.69) is 24.5 Å². The standard InChI is InChI=1S/C18H29NO2/c1-4-21-18(20)17-9-11-19(12-10-17)13-15-5-7-16(8-6-15)14(2)3/h5,16-17H,2,4,6-13H2,1,3H3/t16-/m1/s1. The average molecular weight is 291 g/mol. The number of hydrogen-bond acceptors (Lipinski definition) is 3. The lowest BCUT2D eigenvalue weighted by Gasteiger charge is -2.32. The van der Waals surface area contributed by atoms with Crippen LogP contribution in [-0.4, -0.2) is 37.1 Å². The van der Waals surface area contributed by atoms with Crippen LogP contribution >= 0.6 is 0 Å². The second-order valence-electron chi connectivity index (χ2n) is 6.48. The second kappa shape index (κ2) is 7.79. The molecule has 1 fully saturated rings. The quantitative estimate of drug-likeness (QED) is 0.573. The predicted molar refractivity (Wildman–Crippen MR) is 86.0 cm³/mol. The zero-order valence-electron chi connectivity index (χ0n) is 13.6. The molecule has 21 heavy (non-hydrogen) atoms. The Kier molecular flexibility index (Phi) is 6.04. The number of esters is 1. The Balaban J connectivity index is 1.74. The molecule has 0 aromatic carbocycles. The lowest BCUT2D eigenvalue weighted by atomic mass is 9.85. The van der Waals surface area contributed by atoms with Crippen molar-refractivity contribution in [3.63, 3.8) is 0 Å². The van der Waals surface area contributed by atoms with Crippen LogP contribution in [0.3, 0.4) is 0 Å². The molecule has 1 heterocycles. The first-order valence-corrected chi connectivity index (χ1v) is 8.32. The van der Waals surface area contributed by atoms with Crippen LogP contribution in [0.15, 0.2) is 23.8 Å². The molecule has 3 nitrogen and oxygen atoms in total. The number of allylic oxidation sites excluding steroid dienone is 2. The van der Waals surface area contributed by atoms with Gasteiger partial charge in [-0.3, -0.25) is 9.69 Å². The third-order valence-corrected chi connectivity index (χ3v) is 4.84. The van der Waals surface area contributed by atoms with Crippen LogP contribution in [-0.2, 0) is 9.53 Å². The van der Waals surface area contributed by atoms with Gasteiger partial charge in [0, 0.05) is 6.54 Å². The van der Waals surface area contributed by atoms with E-state index in [4.69, 9.17) is 4.74 Å².